The van der Waals surface area contributed by atoms with Crippen LogP contribution in [0.15, 0.2) is 36.7 Å². The second-order valence-corrected chi connectivity index (χ2v) is 8.12. The number of methoxy groups -OCH3 is 1. The van der Waals surface area contributed by atoms with Crippen molar-refractivity contribution in [2.75, 3.05) is 7.11 Å². The lowest BCUT2D eigenvalue weighted by molar-refractivity contribution is -0.148. The number of hydrogen-bond donors (Lipinski definition) is 1. The highest BCUT2D eigenvalue weighted by atomic mass is 16.6. The van der Waals surface area contributed by atoms with Gasteiger partial charge in [-0.1, -0.05) is 18.2 Å². The number of nitrogens with one attached hydrogen (secondary N) is 1. The van der Waals surface area contributed by atoms with Gasteiger partial charge < -0.3 is 14.8 Å². The van der Waals surface area contributed by atoms with Gasteiger partial charge in [0.2, 0.25) is 0 Å². The van der Waals surface area contributed by atoms with Crippen molar-refractivity contribution in [3.63, 3.8) is 0 Å². The summed E-state index contributed by atoms with van der Waals surface area (Å²) in [5.74, 6) is -0.280. The van der Waals surface area contributed by atoms with Crippen molar-refractivity contribution in [3.05, 3.63) is 42.2 Å². The summed E-state index contributed by atoms with van der Waals surface area (Å²) in [4.78, 5) is 29.0. The van der Waals surface area contributed by atoms with E-state index in [0.29, 0.717) is 12.8 Å². The van der Waals surface area contributed by atoms with Crippen molar-refractivity contribution < 1.29 is 19.1 Å². The number of rotatable bonds is 3. The molecule has 1 heterocycles. The number of benzene rings is 1. The zero-order chi connectivity index (χ0) is 19.7. The molecule has 1 saturated carbocycles. The number of esters is 1. The molecule has 0 bridgehead atoms. The van der Waals surface area contributed by atoms with Gasteiger partial charge in [0.05, 0.1) is 7.11 Å². The highest BCUT2D eigenvalue weighted by Gasteiger charge is 2.48. The van der Waals surface area contributed by atoms with Crippen LogP contribution < -0.4 is 5.32 Å². The number of carbonyl (C=O) groups is 2. The third kappa shape index (κ3) is 4.21. The lowest BCUT2D eigenvalue weighted by Crippen LogP contribution is -2.54. The molecular formula is C21H26N2O4. The molecule has 6 nitrogen and oxygen atoms in total. The molecule has 2 unspecified atom stereocenters. The van der Waals surface area contributed by atoms with Gasteiger partial charge in [0.25, 0.3) is 0 Å². The van der Waals surface area contributed by atoms with Crippen LogP contribution in [0.2, 0.25) is 0 Å². The van der Waals surface area contributed by atoms with Crippen LogP contribution in [-0.2, 0) is 14.3 Å². The first-order valence-electron chi connectivity index (χ1n) is 9.16. The minimum Gasteiger partial charge on any atom is -0.467 e. The number of ether oxygens (including phenoxy) is 2. The first-order valence-corrected chi connectivity index (χ1v) is 9.16. The summed E-state index contributed by atoms with van der Waals surface area (Å²) in [7, 11) is 1.34. The van der Waals surface area contributed by atoms with Crippen LogP contribution in [0.3, 0.4) is 0 Å². The first kappa shape index (κ1) is 19.1. The summed E-state index contributed by atoms with van der Waals surface area (Å²) < 4.78 is 10.4. The van der Waals surface area contributed by atoms with Gasteiger partial charge in [-0.05, 0) is 63.0 Å². The molecule has 1 aromatic heterocycles. The predicted octanol–water partition coefficient (Wildman–Crippen LogP) is 3.94. The zero-order valence-corrected chi connectivity index (χ0v) is 16.2. The van der Waals surface area contributed by atoms with Gasteiger partial charge in [-0.15, -0.1) is 0 Å². The summed E-state index contributed by atoms with van der Waals surface area (Å²) in [5, 5.41) is 4.97. The van der Waals surface area contributed by atoms with Crippen LogP contribution in [0.4, 0.5) is 4.79 Å². The average Bonchev–Trinajstić information content (AvgIpc) is 3.04. The molecule has 1 fully saturated rings. The van der Waals surface area contributed by atoms with Crippen molar-refractivity contribution >= 4 is 22.8 Å². The Morgan fingerprint density at radius 3 is 2.70 bits per heavy atom. The number of nitrogens with zero attached hydrogens (tertiary/aromatic N) is 1. The Morgan fingerprint density at radius 1 is 1.22 bits per heavy atom. The molecule has 2 aromatic rings. The molecule has 1 amide bonds. The minimum atomic E-state index is -1.06. The maximum absolute atomic E-state index is 12.5. The van der Waals surface area contributed by atoms with Crippen LogP contribution in [0.5, 0.6) is 0 Å². The number of hydrogen-bond acceptors (Lipinski definition) is 5. The van der Waals surface area contributed by atoms with Gasteiger partial charge in [-0.3, -0.25) is 4.98 Å². The van der Waals surface area contributed by atoms with Gasteiger partial charge in [-0.2, -0.15) is 0 Å². The molecule has 27 heavy (non-hydrogen) atoms. The Labute approximate surface area is 159 Å². The summed E-state index contributed by atoms with van der Waals surface area (Å²) in [6.07, 6.45) is 4.77. The molecular weight excluding hydrogens is 344 g/mol. The lowest BCUT2D eigenvalue weighted by atomic mass is 9.91. The molecule has 1 N–H and O–H groups in total. The monoisotopic (exact) mass is 370 g/mol. The van der Waals surface area contributed by atoms with Gasteiger partial charge in [0, 0.05) is 17.8 Å². The van der Waals surface area contributed by atoms with Crippen molar-refractivity contribution in [2.45, 2.75) is 57.1 Å². The Bertz CT molecular complexity index is 859. The second kappa shape index (κ2) is 7.18. The number of alkyl carbamates (subject to hydrolysis) is 1. The number of amides is 1. The van der Waals surface area contributed by atoms with E-state index in [9.17, 15) is 9.59 Å². The Balaban J connectivity index is 1.82. The SMILES string of the molecule is COC(=O)C1(NC(=O)OC(C)(C)C)CCC(c2ccc3cnccc3c2)C1. The number of pyridine rings is 1. The molecule has 1 aliphatic carbocycles. The van der Waals surface area contributed by atoms with Crippen LogP contribution in [0, 0.1) is 0 Å². The Kier molecular flexibility index (Phi) is 5.09. The third-order valence-electron chi connectivity index (χ3n) is 4.97. The number of carbonyl (C=O) groups excluding carboxylic acids is 2. The quantitative estimate of drug-likeness (QED) is 0.828. The summed E-state index contributed by atoms with van der Waals surface area (Å²) >= 11 is 0. The Hall–Kier alpha value is -2.63. The van der Waals surface area contributed by atoms with Crippen molar-refractivity contribution in [3.8, 4) is 0 Å². The number of fused-ring (bicyclic) bond motifs is 1. The van der Waals surface area contributed by atoms with Crippen LogP contribution in [-0.4, -0.2) is 35.3 Å². The second-order valence-electron chi connectivity index (χ2n) is 8.12. The van der Waals surface area contributed by atoms with Crippen molar-refractivity contribution in [1.29, 1.82) is 0 Å². The fraction of sp³-hybridized carbons (Fsp3) is 0.476. The van der Waals surface area contributed by atoms with E-state index in [1.807, 2.05) is 18.3 Å². The summed E-state index contributed by atoms with van der Waals surface area (Å²) in [6, 6.07) is 8.20. The van der Waals surface area contributed by atoms with E-state index >= 15 is 0 Å². The van der Waals surface area contributed by atoms with Gasteiger partial charge in [0.15, 0.2) is 0 Å². The average molecular weight is 370 g/mol. The van der Waals surface area contributed by atoms with E-state index in [-0.39, 0.29) is 5.92 Å². The largest absolute Gasteiger partial charge is 0.467 e. The highest BCUT2D eigenvalue weighted by molar-refractivity contribution is 5.87. The molecule has 144 valence electrons. The normalized spacial score (nSPS) is 22.4. The van der Waals surface area contributed by atoms with Gasteiger partial charge in [-0.25, -0.2) is 9.59 Å². The third-order valence-corrected chi connectivity index (χ3v) is 4.97. The van der Waals surface area contributed by atoms with E-state index < -0.39 is 23.2 Å². The van der Waals surface area contributed by atoms with Crippen LogP contribution >= 0.6 is 0 Å². The molecule has 1 aliphatic rings. The fourth-order valence-electron chi connectivity index (χ4n) is 3.73. The molecule has 6 heteroatoms. The molecule has 0 radical (unpaired) electrons. The molecule has 0 spiro atoms. The summed E-state index contributed by atoms with van der Waals surface area (Å²) in [6.45, 7) is 5.37. The van der Waals surface area contributed by atoms with Gasteiger partial charge in [0.1, 0.15) is 11.1 Å². The maximum atomic E-state index is 12.5. The first-order chi connectivity index (χ1) is 12.7. The van der Waals surface area contributed by atoms with Crippen LogP contribution in [0.1, 0.15) is 51.5 Å². The van der Waals surface area contributed by atoms with E-state index in [2.05, 4.69) is 22.4 Å². The summed E-state index contributed by atoms with van der Waals surface area (Å²) in [5.41, 5.74) is -0.550. The van der Waals surface area contributed by atoms with E-state index in [0.717, 1.165) is 22.8 Å². The van der Waals surface area contributed by atoms with Gasteiger partial charge >= 0.3 is 12.1 Å². The topological polar surface area (TPSA) is 77.5 Å². The van der Waals surface area contributed by atoms with Crippen molar-refractivity contribution in [2.24, 2.45) is 0 Å². The lowest BCUT2D eigenvalue weighted by Gasteiger charge is -2.29. The maximum Gasteiger partial charge on any atom is 0.408 e. The molecule has 3 rings (SSSR count). The number of aromatic nitrogens is 1. The van der Waals surface area contributed by atoms with Crippen molar-refractivity contribution in [1.82, 2.24) is 10.3 Å². The highest BCUT2D eigenvalue weighted by Crippen LogP contribution is 2.42. The smallest absolute Gasteiger partial charge is 0.408 e. The predicted molar refractivity (Wildman–Crippen MR) is 102 cm³/mol. The standard InChI is InChI=1S/C21H26N2O4/c1-20(2,3)27-19(25)23-21(18(24)26-4)9-7-16(12-21)14-5-6-17-13-22-10-8-15(17)11-14/h5-6,8,10-11,13,16H,7,9,12H2,1-4H3,(H,23,25). The molecule has 2 atom stereocenters. The Morgan fingerprint density at radius 2 is 2.00 bits per heavy atom. The minimum absolute atomic E-state index is 0.150. The van der Waals surface area contributed by atoms with E-state index in [1.54, 1.807) is 27.0 Å². The fourth-order valence-corrected chi connectivity index (χ4v) is 3.73. The van der Waals surface area contributed by atoms with E-state index in [1.165, 1.54) is 7.11 Å². The molecule has 0 saturated heterocycles. The van der Waals surface area contributed by atoms with Crippen LogP contribution in [0.25, 0.3) is 10.8 Å². The van der Waals surface area contributed by atoms with E-state index in [4.69, 9.17) is 9.47 Å². The molecule has 1 aromatic carbocycles. The molecule has 0 aliphatic heterocycles. The zero-order valence-electron chi connectivity index (χ0n) is 16.2.